The zero-order valence-corrected chi connectivity index (χ0v) is 17.9. The van der Waals surface area contributed by atoms with Crippen LogP contribution in [0.15, 0.2) is 77.1 Å². The molecule has 2 aliphatic heterocycles. The van der Waals surface area contributed by atoms with Crippen molar-refractivity contribution >= 4 is 23.0 Å². The van der Waals surface area contributed by atoms with Crippen LogP contribution in [0.1, 0.15) is 39.8 Å². The first-order chi connectivity index (χ1) is 15.6. The Balaban J connectivity index is 1.52. The summed E-state index contributed by atoms with van der Waals surface area (Å²) in [6.45, 7) is 2.76. The summed E-state index contributed by atoms with van der Waals surface area (Å²) in [6.07, 6.45) is 6.30. The molecule has 7 nitrogen and oxygen atoms in total. The number of para-hydroxylation sites is 1. The minimum absolute atomic E-state index is 0.0469. The van der Waals surface area contributed by atoms with Crippen LogP contribution in [-0.4, -0.2) is 23.3 Å². The SMILES string of the molecule is Cc1[nH]c2c(C(N)=O)cccc2c1C1NC2=C(CC=NC=C2)C(NCc2ccccc2)N1. The molecule has 1 aromatic heterocycles. The largest absolute Gasteiger partial charge is 0.366 e. The monoisotopic (exact) mass is 426 g/mol. The summed E-state index contributed by atoms with van der Waals surface area (Å²) in [4.78, 5) is 19.6. The predicted octanol–water partition coefficient (Wildman–Crippen LogP) is 3.12. The van der Waals surface area contributed by atoms with Gasteiger partial charge in [0, 0.05) is 47.7 Å². The number of nitrogens with zero attached hydrogens (tertiary/aromatic N) is 1. The number of rotatable bonds is 5. The van der Waals surface area contributed by atoms with Crippen molar-refractivity contribution in [3.05, 3.63) is 94.5 Å². The van der Waals surface area contributed by atoms with Crippen molar-refractivity contribution < 1.29 is 4.79 Å². The first-order valence-corrected chi connectivity index (χ1v) is 10.7. The van der Waals surface area contributed by atoms with E-state index in [1.54, 1.807) is 6.07 Å². The van der Waals surface area contributed by atoms with E-state index in [0.717, 1.165) is 40.8 Å². The van der Waals surface area contributed by atoms with Crippen molar-refractivity contribution in [3.63, 3.8) is 0 Å². The van der Waals surface area contributed by atoms with Crippen LogP contribution in [-0.2, 0) is 6.54 Å². The fraction of sp³-hybridized carbons (Fsp3) is 0.200. The summed E-state index contributed by atoms with van der Waals surface area (Å²) < 4.78 is 0. The van der Waals surface area contributed by atoms with Crippen LogP contribution in [0.3, 0.4) is 0 Å². The first-order valence-electron chi connectivity index (χ1n) is 10.7. The smallest absolute Gasteiger partial charge is 0.250 e. The van der Waals surface area contributed by atoms with E-state index in [0.29, 0.717) is 5.56 Å². The number of hydrogen-bond donors (Lipinski definition) is 5. The van der Waals surface area contributed by atoms with Crippen LogP contribution in [0.5, 0.6) is 0 Å². The van der Waals surface area contributed by atoms with Gasteiger partial charge in [0.1, 0.15) is 6.17 Å². The molecule has 7 heteroatoms. The molecule has 0 saturated carbocycles. The lowest BCUT2D eigenvalue weighted by Gasteiger charge is -2.36. The second kappa shape index (κ2) is 8.45. The normalized spacial score (nSPS) is 20.2. The number of amides is 1. The van der Waals surface area contributed by atoms with Gasteiger partial charge < -0.3 is 16.0 Å². The van der Waals surface area contributed by atoms with Gasteiger partial charge >= 0.3 is 0 Å². The number of nitrogens with one attached hydrogen (secondary N) is 4. The molecule has 0 fully saturated rings. The Morgan fingerprint density at radius 1 is 1.19 bits per heavy atom. The van der Waals surface area contributed by atoms with E-state index in [2.05, 4.69) is 38.1 Å². The first kappa shape index (κ1) is 20.2. The average Bonchev–Trinajstić information content (AvgIpc) is 2.96. The number of aromatic nitrogens is 1. The molecule has 2 aliphatic rings. The van der Waals surface area contributed by atoms with E-state index in [-0.39, 0.29) is 12.3 Å². The molecule has 2 atom stereocenters. The maximum Gasteiger partial charge on any atom is 0.250 e. The maximum atomic E-state index is 11.9. The Bertz CT molecular complexity index is 1250. The van der Waals surface area contributed by atoms with E-state index >= 15 is 0 Å². The van der Waals surface area contributed by atoms with Gasteiger partial charge in [-0.15, -0.1) is 0 Å². The molecule has 6 N–H and O–H groups in total. The predicted molar refractivity (Wildman–Crippen MR) is 127 cm³/mol. The molecule has 162 valence electrons. The highest BCUT2D eigenvalue weighted by Crippen LogP contribution is 2.32. The molecule has 3 heterocycles. The second-order valence-electron chi connectivity index (χ2n) is 8.09. The van der Waals surface area contributed by atoms with Gasteiger partial charge in [-0.1, -0.05) is 42.5 Å². The Hall–Kier alpha value is -3.68. The molecule has 0 bridgehead atoms. The summed E-state index contributed by atoms with van der Waals surface area (Å²) in [7, 11) is 0. The summed E-state index contributed by atoms with van der Waals surface area (Å²) in [6, 6.07) is 16.0. The number of benzene rings is 2. The number of carbonyl (C=O) groups excluding carboxylic acids is 1. The standard InChI is InChI=1S/C25H26N6O/c1-15-21(18-8-5-9-19(23(26)32)22(18)29-15)25-30-20-11-13-27-12-10-17(20)24(31-25)28-14-16-6-3-2-4-7-16/h2-9,11-13,24-25,28-31H,10,14H2,1H3,(H2,26,32). The van der Waals surface area contributed by atoms with Gasteiger partial charge in [0.2, 0.25) is 0 Å². The number of fused-ring (bicyclic) bond motifs is 1. The maximum absolute atomic E-state index is 11.9. The number of nitrogens with two attached hydrogens (primary N) is 1. The summed E-state index contributed by atoms with van der Waals surface area (Å²) in [5.41, 5.74) is 12.4. The fourth-order valence-corrected chi connectivity index (χ4v) is 4.52. The topological polar surface area (TPSA) is 107 Å². The van der Waals surface area contributed by atoms with Crippen molar-refractivity contribution in [3.8, 4) is 0 Å². The van der Waals surface area contributed by atoms with Crippen molar-refractivity contribution in [2.45, 2.75) is 32.2 Å². The highest BCUT2D eigenvalue weighted by Gasteiger charge is 2.30. The highest BCUT2D eigenvalue weighted by atomic mass is 16.1. The highest BCUT2D eigenvalue weighted by molar-refractivity contribution is 6.06. The molecular weight excluding hydrogens is 400 g/mol. The number of H-pyrrole nitrogens is 1. The number of carbonyl (C=O) groups is 1. The fourth-order valence-electron chi connectivity index (χ4n) is 4.52. The van der Waals surface area contributed by atoms with Crippen molar-refractivity contribution in [2.75, 3.05) is 0 Å². The minimum Gasteiger partial charge on any atom is -0.366 e. The van der Waals surface area contributed by atoms with Crippen LogP contribution in [0.25, 0.3) is 10.9 Å². The number of hydrogen-bond acceptors (Lipinski definition) is 5. The molecule has 3 aromatic rings. The van der Waals surface area contributed by atoms with E-state index in [1.165, 1.54) is 11.1 Å². The minimum atomic E-state index is -0.441. The van der Waals surface area contributed by atoms with Crippen LogP contribution in [0.4, 0.5) is 0 Å². The zero-order chi connectivity index (χ0) is 22.1. The van der Waals surface area contributed by atoms with Gasteiger partial charge in [-0.3, -0.25) is 20.4 Å². The third kappa shape index (κ3) is 3.72. The van der Waals surface area contributed by atoms with Crippen molar-refractivity contribution in [1.29, 1.82) is 0 Å². The van der Waals surface area contributed by atoms with Gasteiger partial charge in [0.05, 0.1) is 17.2 Å². The Labute approximate surface area is 186 Å². The summed E-state index contributed by atoms with van der Waals surface area (Å²) in [5.74, 6) is -0.441. The van der Waals surface area contributed by atoms with Crippen LogP contribution in [0.2, 0.25) is 0 Å². The average molecular weight is 427 g/mol. The Kier molecular flexibility index (Phi) is 5.34. The third-order valence-corrected chi connectivity index (χ3v) is 6.05. The lowest BCUT2D eigenvalue weighted by molar-refractivity contribution is 0.100. The molecule has 0 radical (unpaired) electrons. The molecule has 0 spiro atoms. The van der Waals surface area contributed by atoms with E-state index < -0.39 is 5.91 Å². The molecule has 0 aliphatic carbocycles. The third-order valence-electron chi connectivity index (χ3n) is 6.05. The quantitative estimate of drug-likeness (QED) is 0.432. The summed E-state index contributed by atoms with van der Waals surface area (Å²) >= 11 is 0. The molecule has 2 aromatic carbocycles. The van der Waals surface area contributed by atoms with Gasteiger partial charge in [0.15, 0.2) is 0 Å². The van der Waals surface area contributed by atoms with E-state index in [1.807, 2.05) is 55.7 Å². The molecule has 5 rings (SSSR count). The van der Waals surface area contributed by atoms with E-state index in [4.69, 9.17) is 5.73 Å². The number of aryl methyl sites for hydroxylation is 1. The molecule has 0 saturated heterocycles. The molecule has 2 unspecified atom stereocenters. The van der Waals surface area contributed by atoms with Crippen LogP contribution in [0, 0.1) is 6.92 Å². The van der Waals surface area contributed by atoms with Gasteiger partial charge in [0.25, 0.3) is 5.91 Å². The lowest BCUT2D eigenvalue weighted by atomic mass is 9.99. The number of primary amides is 1. The van der Waals surface area contributed by atoms with Crippen molar-refractivity contribution in [1.82, 2.24) is 20.9 Å². The van der Waals surface area contributed by atoms with Crippen LogP contribution >= 0.6 is 0 Å². The lowest BCUT2D eigenvalue weighted by Crippen LogP contribution is -2.53. The van der Waals surface area contributed by atoms with Gasteiger partial charge in [-0.2, -0.15) is 0 Å². The molecular formula is C25H26N6O. The number of aromatic amines is 1. The van der Waals surface area contributed by atoms with E-state index in [9.17, 15) is 4.79 Å². The zero-order valence-electron chi connectivity index (χ0n) is 17.9. The van der Waals surface area contributed by atoms with Gasteiger partial charge in [-0.25, -0.2) is 0 Å². The van der Waals surface area contributed by atoms with Gasteiger partial charge in [-0.05, 0) is 30.2 Å². The van der Waals surface area contributed by atoms with Crippen LogP contribution < -0.4 is 21.7 Å². The number of aliphatic imine (C=N–C) groups is 1. The number of allylic oxidation sites excluding steroid dienone is 1. The molecule has 1 amide bonds. The second-order valence-corrected chi connectivity index (χ2v) is 8.09. The van der Waals surface area contributed by atoms with Crippen molar-refractivity contribution in [2.24, 2.45) is 10.7 Å². The molecule has 32 heavy (non-hydrogen) atoms. The summed E-state index contributed by atoms with van der Waals surface area (Å²) in [5, 5.41) is 12.0. The Morgan fingerprint density at radius 2 is 2.03 bits per heavy atom. The Morgan fingerprint density at radius 3 is 2.84 bits per heavy atom.